The molecule has 1 saturated heterocycles. The molecule has 12 heavy (non-hydrogen) atoms. The summed E-state index contributed by atoms with van der Waals surface area (Å²) in [5.41, 5.74) is 5.75. The summed E-state index contributed by atoms with van der Waals surface area (Å²) in [7, 11) is 0. The third-order valence-corrected chi connectivity index (χ3v) is 2.38. The third kappa shape index (κ3) is 1.85. The van der Waals surface area contributed by atoms with E-state index in [4.69, 9.17) is 5.73 Å². The van der Waals surface area contributed by atoms with Gasteiger partial charge in [0.2, 0.25) is 5.91 Å². The van der Waals surface area contributed by atoms with Crippen LogP contribution in [0.1, 0.15) is 19.8 Å². The highest BCUT2D eigenvalue weighted by molar-refractivity contribution is 5.87. The average molecular weight is 168 g/mol. The molecule has 1 rings (SSSR count). The molecule has 1 amide bonds. The number of likely N-dealkylation sites (tertiary alicyclic amines) is 1. The van der Waals surface area contributed by atoms with Gasteiger partial charge in [-0.1, -0.05) is 6.58 Å². The topological polar surface area (TPSA) is 46.3 Å². The van der Waals surface area contributed by atoms with Crippen LogP contribution in [0.5, 0.6) is 0 Å². The smallest absolute Gasteiger partial charge is 0.246 e. The van der Waals surface area contributed by atoms with Crippen molar-refractivity contribution >= 4 is 5.91 Å². The van der Waals surface area contributed by atoms with Gasteiger partial charge < -0.3 is 10.6 Å². The van der Waals surface area contributed by atoms with Gasteiger partial charge in [-0.05, 0) is 25.8 Å². The second-order valence-corrected chi connectivity index (χ2v) is 3.38. The number of carbonyl (C=O) groups excluding carboxylic acids is 1. The SMILES string of the molecule is C=CC(=O)N1C[C@@H](N)CC[C@@H]1C. The summed E-state index contributed by atoms with van der Waals surface area (Å²) in [6, 6.07) is 0.459. The van der Waals surface area contributed by atoms with Crippen LogP contribution in [-0.4, -0.2) is 29.4 Å². The molecule has 0 unspecified atom stereocenters. The molecule has 0 bridgehead atoms. The molecule has 2 atom stereocenters. The van der Waals surface area contributed by atoms with E-state index in [0.29, 0.717) is 12.6 Å². The predicted octanol–water partition coefficient (Wildman–Crippen LogP) is 0.511. The summed E-state index contributed by atoms with van der Waals surface area (Å²) in [6.45, 7) is 6.18. The van der Waals surface area contributed by atoms with Crippen LogP contribution >= 0.6 is 0 Å². The minimum Gasteiger partial charge on any atom is -0.335 e. The Morgan fingerprint density at radius 1 is 1.67 bits per heavy atom. The maximum absolute atomic E-state index is 11.3. The third-order valence-electron chi connectivity index (χ3n) is 2.38. The summed E-state index contributed by atoms with van der Waals surface area (Å²) in [5, 5.41) is 0. The van der Waals surface area contributed by atoms with Crippen molar-refractivity contribution in [1.29, 1.82) is 0 Å². The van der Waals surface area contributed by atoms with Gasteiger partial charge in [-0.15, -0.1) is 0 Å². The number of nitrogens with zero attached hydrogens (tertiary/aromatic N) is 1. The molecule has 0 aromatic rings. The number of hydrogen-bond acceptors (Lipinski definition) is 2. The number of rotatable bonds is 1. The van der Waals surface area contributed by atoms with Crippen LogP contribution in [0.2, 0.25) is 0 Å². The lowest BCUT2D eigenvalue weighted by Gasteiger charge is -2.35. The molecule has 2 N–H and O–H groups in total. The Morgan fingerprint density at radius 2 is 2.33 bits per heavy atom. The normalized spacial score (nSPS) is 30.0. The molecule has 3 nitrogen and oxygen atoms in total. The van der Waals surface area contributed by atoms with Crippen molar-refractivity contribution in [2.45, 2.75) is 31.8 Å². The molecule has 1 aliphatic heterocycles. The predicted molar refractivity (Wildman–Crippen MR) is 48.6 cm³/mol. The van der Waals surface area contributed by atoms with Gasteiger partial charge in [0.1, 0.15) is 0 Å². The molecule has 1 heterocycles. The first-order valence-corrected chi connectivity index (χ1v) is 4.33. The Bertz CT molecular complexity index is 191. The standard InChI is InChI=1S/C9H16N2O/c1-3-9(12)11-6-8(10)5-4-7(11)2/h3,7-8H,1,4-6,10H2,2H3/t7-,8-/m0/s1. The van der Waals surface area contributed by atoms with E-state index in [9.17, 15) is 4.79 Å². The molecule has 3 heteroatoms. The van der Waals surface area contributed by atoms with E-state index in [2.05, 4.69) is 6.58 Å². The van der Waals surface area contributed by atoms with Crippen molar-refractivity contribution in [2.75, 3.05) is 6.54 Å². The maximum Gasteiger partial charge on any atom is 0.246 e. The summed E-state index contributed by atoms with van der Waals surface area (Å²) in [5.74, 6) is -0.00218. The highest BCUT2D eigenvalue weighted by Crippen LogP contribution is 2.15. The van der Waals surface area contributed by atoms with Crippen molar-refractivity contribution in [2.24, 2.45) is 5.73 Å². The Kier molecular flexibility index (Phi) is 2.87. The van der Waals surface area contributed by atoms with Crippen LogP contribution in [0.3, 0.4) is 0 Å². The molecular weight excluding hydrogens is 152 g/mol. The van der Waals surface area contributed by atoms with E-state index in [-0.39, 0.29) is 11.9 Å². The fourth-order valence-corrected chi connectivity index (χ4v) is 1.56. The van der Waals surface area contributed by atoms with Crippen LogP contribution in [0.15, 0.2) is 12.7 Å². The Balaban J connectivity index is 2.60. The van der Waals surface area contributed by atoms with Gasteiger partial charge in [0.15, 0.2) is 0 Å². The van der Waals surface area contributed by atoms with Crippen molar-refractivity contribution < 1.29 is 4.79 Å². The second kappa shape index (κ2) is 3.72. The lowest BCUT2D eigenvalue weighted by atomic mass is 10.00. The fourth-order valence-electron chi connectivity index (χ4n) is 1.56. The zero-order valence-electron chi connectivity index (χ0n) is 7.49. The van der Waals surface area contributed by atoms with Crippen molar-refractivity contribution in [1.82, 2.24) is 4.90 Å². The molecule has 0 aromatic carbocycles. The minimum atomic E-state index is -0.00218. The second-order valence-electron chi connectivity index (χ2n) is 3.38. The van der Waals surface area contributed by atoms with E-state index in [1.807, 2.05) is 6.92 Å². The largest absolute Gasteiger partial charge is 0.335 e. The summed E-state index contributed by atoms with van der Waals surface area (Å²) >= 11 is 0. The summed E-state index contributed by atoms with van der Waals surface area (Å²) < 4.78 is 0. The first-order chi connectivity index (χ1) is 5.65. The zero-order chi connectivity index (χ0) is 9.14. The van der Waals surface area contributed by atoms with Gasteiger partial charge in [0, 0.05) is 18.6 Å². The lowest BCUT2D eigenvalue weighted by molar-refractivity contribution is -0.129. The first-order valence-electron chi connectivity index (χ1n) is 4.33. The van der Waals surface area contributed by atoms with E-state index < -0.39 is 0 Å². The number of carbonyl (C=O) groups is 1. The molecule has 1 fully saturated rings. The van der Waals surface area contributed by atoms with Gasteiger partial charge in [0.25, 0.3) is 0 Å². The Labute approximate surface area is 73.2 Å². The molecule has 0 aliphatic carbocycles. The minimum absolute atomic E-state index is 0.00218. The number of hydrogen-bond donors (Lipinski definition) is 1. The van der Waals surface area contributed by atoms with Gasteiger partial charge in [-0.25, -0.2) is 0 Å². The monoisotopic (exact) mass is 168 g/mol. The highest BCUT2D eigenvalue weighted by Gasteiger charge is 2.25. The fraction of sp³-hybridized carbons (Fsp3) is 0.667. The summed E-state index contributed by atoms with van der Waals surface area (Å²) in [4.78, 5) is 13.1. The molecular formula is C9H16N2O. The molecule has 68 valence electrons. The Hall–Kier alpha value is -0.830. The van der Waals surface area contributed by atoms with E-state index in [1.165, 1.54) is 6.08 Å². The van der Waals surface area contributed by atoms with Crippen molar-refractivity contribution in [3.8, 4) is 0 Å². The van der Waals surface area contributed by atoms with E-state index in [0.717, 1.165) is 12.8 Å². The van der Waals surface area contributed by atoms with Crippen molar-refractivity contribution in [3.05, 3.63) is 12.7 Å². The van der Waals surface area contributed by atoms with Crippen LogP contribution in [0.25, 0.3) is 0 Å². The quantitative estimate of drug-likeness (QED) is 0.580. The highest BCUT2D eigenvalue weighted by atomic mass is 16.2. The van der Waals surface area contributed by atoms with Gasteiger partial charge in [0.05, 0.1) is 0 Å². The van der Waals surface area contributed by atoms with Crippen LogP contribution in [-0.2, 0) is 4.79 Å². The van der Waals surface area contributed by atoms with Gasteiger partial charge >= 0.3 is 0 Å². The summed E-state index contributed by atoms with van der Waals surface area (Å²) in [6.07, 6.45) is 3.37. The molecule has 0 radical (unpaired) electrons. The van der Waals surface area contributed by atoms with Crippen LogP contribution < -0.4 is 5.73 Å². The lowest BCUT2D eigenvalue weighted by Crippen LogP contribution is -2.49. The van der Waals surface area contributed by atoms with Crippen LogP contribution in [0, 0.1) is 0 Å². The number of nitrogens with two attached hydrogens (primary N) is 1. The molecule has 1 aliphatic rings. The van der Waals surface area contributed by atoms with Crippen LogP contribution in [0.4, 0.5) is 0 Å². The number of amides is 1. The van der Waals surface area contributed by atoms with Crippen molar-refractivity contribution in [3.63, 3.8) is 0 Å². The average Bonchev–Trinajstić information content (AvgIpc) is 2.08. The molecule has 0 saturated carbocycles. The maximum atomic E-state index is 11.3. The molecule has 0 aromatic heterocycles. The van der Waals surface area contributed by atoms with Gasteiger partial charge in [-0.2, -0.15) is 0 Å². The van der Waals surface area contributed by atoms with E-state index >= 15 is 0 Å². The first kappa shape index (κ1) is 9.26. The Morgan fingerprint density at radius 3 is 2.92 bits per heavy atom. The number of piperidine rings is 1. The van der Waals surface area contributed by atoms with Gasteiger partial charge in [-0.3, -0.25) is 4.79 Å². The molecule has 0 spiro atoms. The zero-order valence-corrected chi connectivity index (χ0v) is 7.49. The van der Waals surface area contributed by atoms with E-state index in [1.54, 1.807) is 4.90 Å².